The minimum Gasteiger partial charge on any atom is -0.479 e. The molecule has 3 aliphatic rings. The summed E-state index contributed by atoms with van der Waals surface area (Å²) in [6.07, 6.45) is -6.78. The smallest absolute Gasteiger partial charge is 0.340 e. The van der Waals surface area contributed by atoms with Crippen molar-refractivity contribution in [3.8, 4) is 0 Å². The van der Waals surface area contributed by atoms with Crippen molar-refractivity contribution < 1.29 is 59.5 Å². The van der Waals surface area contributed by atoms with Crippen LogP contribution >= 0.6 is 0 Å². The molecule has 2 aliphatic heterocycles. The van der Waals surface area contributed by atoms with E-state index in [2.05, 4.69) is 0 Å². The van der Waals surface area contributed by atoms with Crippen LogP contribution in [0.4, 0.5) is 0 Å². The van der Waals surface area contributed by atoms with Crippen molar-refractivity contribution in [2.24, 2.45) is 11.8 Å². The molecule has 0 bridgehead atoms. The summed E-state index contributed by atoms with van der Waals surface area (Å²) in [6, 6.07) is 0. The Labute approximate surface area is 157 Å². The molecule has 2 unspecified atom stereocenters. The first-order valence-electron chi connectivity index (χ1n) is 8.31. The molecule has 0 aromatic rings. The van der Waals surface area contributed by atoms with Crippen molar-refractivity contribution in [3.05, 3.63) is 24.0 Å². The number of rotatable bonds is 5. The van der Waals surface area contributed by atoms with Gasteiger partial charge in [0.2, 0.25) is 6.29 Å². The van der Waals surface area contributed by atoms with Gasteiger partial charge in [-0.3, -0.25) is 0 Å². The topological polar surface area (TPSA) is 203 Å². The van der Waals surface area contributed by atoms with E-state index in [0.717, 1.165) is 12.3 Å². The lowest BCUT2D eigenvalue weighted by Gasteiger charge is -2.43. The molecule has 0 aromatic heterocycles. The minimum atomic E-state index is -2.53. The van der Waals surface area contributed by atoms with Crippen LogP contribution in [0.1, 0.15) is 0 Å². The molecule has 0 amide bonds. The fraction of sp³-hybridized carbons (Fsp3) is 0.625. The predicted octanol–water partition coefficient (Wildman–Crippen LogP) is -3.25. The highest BCUT2D eigenvalue weighted by Crippen LogP contribution is 2.45. The Bertz CT molecular complexity index is 702. The molecular formula is C16H20O12. The van der Waals surface area contributed by atoms with Gasteiger partial charge in [0.1, 0.15) is 24.4 Å². The zero-order valence-electron chi connectivity index (χ0n) is 14.2. The number of carboxylic acids is 2. The van der Waals surface area contributed by atoms with Crippen molar-refractivity contribution in [3.63, 3.8) is 0 Å². The second-order valence-electron chi connectivity index (χ2n) is 6.76. The summed E-state index contributed by atoms with van der Waals surface area (Å²) >= 11 is 0. The van der Waals surface area contributed by atoms with E-state index in [4.69, 9.17) is 14.2 Å². The van der Waals surface area contributed by atoms with E-state index < -0.39 is 73.0 Å². The Hall–Kier alpha value is -2.06. The van der Waals surface area contributed by atoms with Crippen LogP contribution in [0.2, 0.25) is 0 Å². The van der Waals surface area contributed by atoms with Crippen LogP contribution in [0.5, 0.6) is 0 Å². The zero-order valence-corrected chi connectivity index (χ0v) is 14.2. The summed E-state index contributed by atoms with van der Waals surface area (Å²) in [5.74, 6) is -5.59. The highest BCUT2D eigenvalue weighted by molar-refractivity contribution is 5.89. The molecule has 28 heavy (non-hydrogen) atoms. The molecule has 156 valence electrons. The van der Waals surface area contributed by atoms with E-state index in [-0.39, 0.29) is 5.57 Å². The summed E-state index contributed by atoms with van der Waals surface area (Å²) in [5, 5.41) is 68.1. The van der Waals surface area contributed by atoms with Crippen LogP contribution in [-0.4, -0.2) is 96.9 Å². The average Bonchev–Trinajstić information content (AvgIpc) is 3.01. The third kappa shape index (κ3) is 3.18. The van der Waals surface area contributed by atoms with Gasteiger partial charge in [0.25, 0.3) is 0 Å². The molecular weight excluding hydrogens is 384 g/mol. The third-order valence-corrected chi connectivity index (χ3v) is 5.14. The molecule has 12 nitrogen and oxygen atoms in total. The first-order chi connectivity index (χ1) is 13.1. The maximum atomic E-state index is 11.6. The summed E-state index contributed by atoms with van der Waals surface area (Å²) in [6.45, 7) is -0.716. The fourth-order valence-electron chi connectivity index (χ4n) is 3.57. The van der Waals surface area contributed by atoms with Gasteiger partial charge < -0.3 is 50.0 Å². The normalized spacial score (nSPS) is 45.1. The van der Waals surface area contributed by atoms with E-state index in [1.165, 1.54) is 6.08 Å². The van der Waals surface area contributed by atoms with Crippen molar-refractivity contribution in [1.29, 1.82) is 0 Å². The number of fused-ring (bicyclic) bond motifs is 1. The van der Waals surface area contributed by atoms with Crippen molar-refractivity contribution >= 4 is 11.9 Å². The number of allylic oxidation sites excluding steroid dienone is 1. The Balaban J connectivity index is 1.88. The van der Waals surface area contributed by atoms with Crippen LogP contribution < -0.4 is 0 Å². The zero-order chi connectivity index (χ0) is 20.8. The van der Waals surface area contributed by atoms with Crippen LogP contribution in [0.15, 0.2) is 24.0 Å². The van der Waals surface area contributed by atoms with Crippen LogP contribution in [0, 0.1) is 11.8 Å². The summed E-state index contributed by atoms with van der Waals surface area (Å²) in [5.41, 5.74) is -2.84. The lowest BCUT2D eigenvalue weighted by molar-refractivity contribution is -0.345. The maximum absolute atomic E-state index is 11.6. The molecule has 0 saturated carbocycles. The molecule has 0 spiro atoms. The minimum absolute atomic E-state index is 0.313. The van der Waals surface area contributed by atoms with Crippen LogP contribution in [0.3, 0.4) is 0 Å². The van der Waals surface area contributed by atoms with E-state index in [1.54, 1.807) is 0 Å². The van der Waals surface area contributed by atoms with Crippen LogP contribution in [0.25, 0.3) is 0 Å². The van der Waals surface area contributed by atoms with Gasteiger partial charge in [0.05, 0.1) is 24.4 Å². The third-order valence-electron chi connectivity index (χ3n) is 5.14. The Kier molecular flexibility index (Phi) is 5.46. The first-order valence-corrected chi connectivity index (χ1v) is 8.31. The highest BCUT2D eigenvalue weighted by atomic mass is 16.8. The standard InChI is InChI=1S/C16H20O12/c17-3-7-9(18)10(19)11(20)14(27-7)28-13-8-5(6(4-26-13)12(21)22)1-2-16(8,25)15(23)24/h1-2,4-5,7-11,13-14,17-20,25H,3H2,(H,21,22)(H,23,24)/t5?,7-,8?,9-,10+,11-,13+,14+,16-/m1/s1. The van der Waals surface area contributed by atoms with Crippen molar-refractivity contribution in [2.45, 2.75) is 42.6 Å². The number of aliphatic carboxylic acids is 2. The summed E-state index contributed by atoms with van der Waals surface area (Å²) in [7, 11) is 0. The molecule has 0 radical (unpaired) electrons. The number of carboxylic acid groups (broad SMARTS) is 2. The van der Waals surface area contributed by atoms with Gasteiger partial charge >= 0.3 is 11.9 Å². The number of carbonyl (C=O) groups is 2. The lowest BCUT2D eigenvalue weighted by atomic mass is 9.79. The number of aliphatic hydroxyl groups excluding tert-OH is 4. The lowest BCUT2D eigenvalue weighted by Crippen LogP contribution is -2.61. The van der Waals surface area contributed by atoms with Gasteiger partial charge in [-0.2, -0.15) is 0 Å². The monoisotopic (exact) mass is 404 g/mol. The largest absolute Gasteiger partial charge is 0.479 e. The molecule has 2 heterocycles. The molecule has 0 aromatic carbocycles. The van der Waals surface area contributed by atoms with Gasteiger partial charge in [-0.25, -0.2) is 9.59 Å². The van der Waals surface area contributed by atoms with E-state index in [1.807, 2.05) is 0 Å². The Morgan fingerprint density at radius 3 is 2.36 bits per heavy atom. The number of aliphatic hydroxyl groups is 5. The van der Waals surface area contributed by atoms with Gasteiger partial charge in [-0.05, 0) is 6.08 Å². The molecule has 1 aliphatic carbocycles. The Morgan fingerprint density at radius 2 is 1.79 bits per heavy atom. The molecule has 1 saturated heterocycles. The van der Waals surface area contributed by atoms with E-state index >= 15 is 0 Å². The number of hydrogen-bond donors (Lipinski definition) is 7. The highest BCUT2D eigenvalue weighted by Gasteiger charge is 2.59. The molecule has 1 fully saturated rings. The molecule has 12 heteroatoms. The molecule has 3 rings (SSSR count). The van der Waals surface area contributed by atoms with Gasteiger partial charge in [-0.15, -0.1) is 0 Å². The quantitative estimate of drug-likeness (QED) is 0.226. The van der Waals surface area contributed by atoms with Crippen molar-refractivity contribution in [1.82, 2.24) is 0 Å². The second-order valence-corrected chi connectivity index (χ2v) is 6.76. The second kappa shape index (κ2) is 7.40. The maximum Gasteiger partial charge on any atom is 0.340 e. The van der Waals surface area contributed by atoms with E-state index in [0.29, 0.717) is 0 Å². The molecule has 9 atom stereocenters. The van der Waals surface area contributed by atoms with Gasteiger partial charge in [-0.1, -0.05) is 6.08 Å². The fourth-order valence-corrected chi connectivity index (χ4v) is 3.57. The van der Waals surface area contributed by atoms with Crippen LogP contribution in [-0.2, 0) is 23.8 Å². The summed E-state index contributed by atoms with van der Waals surface area (Å²) < 4.78 is 15.8. The number of hydrogen-bond acceptors (Lipinski definition) is 10. The predicted molar refractivity (Wildman–Crippen MR) is 84.1 cm³/mol. The van der Waals surface area contributed by atoms with Crippen molar-refractivity contribution in [2.75, 3.05) is 6.61 Å². The SMILES string of the molecule is O=C(O)C1=CO[C@@H](O[C@@H]2O[C@H](CO)[C@@H](O)[C@H](O)[C@H]2O)C2C1C=C[C@]2(O)C(=O)O. The first kappa shape index (κ1) is 20.7. The van der Waals surface area contributed by atoms with Gasteiger partial charge in [0, 0.05) is 5.92 Å². The summed E-state index contributed by atoms with van der Waals surface area (Å²) in [4.78, 5) is 23.0. The average molecular weight is 404 g/mol. The van der Waals surface area contributed by atoms with Gasteiger partial charge in [0.15, 0.2) is 11.9 Å². The number of ether oxygens (including phenoxy) is 3. The Morgan fingerprint density at radius 1 is 1.11 bits per heavy atom. The van der Waals surface area contributed by atoms with E-state index in [9.17, 15) is 45.3 Å². The molecule has 7 N–H and O–H groups in total.